The lowest BCUT2D eigenvalue weighted by Crippen LogP contribution is -2.67. The summed E-state index contributed by atoms with van der Waals surface area (Å²) in [6.07, 6.45) is -1.08. The van der Waals surface area contributed by atoms with Crippen molar-refractivity contribution in [1.82, 2.24) is 19.5 Å². The molecule has 0 saturated carbocycles. The summed E-state index contributed by atoms with van der Waals surface area (Å²) >= 11 is 0. The van der Waals surface area contributed by atoms with E-state index in [1.54, 1.807) is 4.57 Å². The number of hydrogen-bond acceptors (Lipinski definition) is 9. The SMILES string of the molecule is CC(C)CNc1nc2c(ncn2[C@@H]2O[C@@H]3CO[Si](C(C)C)(C(C)C)O[Si](C(C)C)(C(C)C)O[C@@H]3C2(O)C#C[Si](C)(C)C)c(=O)[nH]1. The van der Waals surface area contributed by atoms with Gasteiger partial charge in [0.1, 0.15) is 20.3 Å². The molecule has 4 rings (SSSR count). The smallest absolute Gasteiger partial charge is 0.335 e. The lowest BCUT2D eigenvalue weighted by atomic mass is 9.95. The fourth-order valence-electron chi connectivity index (χ4n) is 6.36. The maximum atomic E-state index is 13.1. The van der Waals surface area contributed by atoms with E-state index in [0.717, 1.165) is 0 Å². The molecule has 0 aliphatic carbocycles. The molecule has 2 aliphatic rings. The number of nitrogens with zero attached hydrogens (tertiary/aromatic N) is 3. The van der Waals surface area contributed by atoms with Crippen molar-refractivity contribution in [3.05, 3.63) is 16.7 Å². The first-order valence-corrected chi connectivity index (χ1v) is 23.9. The normalized spacial score (nSPS) is 26.8. The first kappa shape index (κ1) is 36.0. The highest BCUT2D eigenvalue weighted by atomic mass is 28.5. The minimum Gasteiger partial charge on any atom is -0.414 e. The molecular weight excluding hydrogens is 623 g/mol. The molecule has 3 N–H and O–H groups in total. The minimum absolute atomic E-state index is 0.0568. The number of aliphatic hydroxyl groups is 1. The molecule has 2 aromatic heterocycles. The van der Waals surface area contributed by atoms with Gasteiger partial charge in [0, 0.05) is 6.54 Å². The van der Waals surface area contributed by atoms with E-state index in [9.17, 15) is 9.90 Å². The van der Waals surface area contributed by atoms with Crippen molar-refractivity contribution < 1.29 is 22.8 Å². The largest absolute Gasteiger partial charge is 0.414 e. The van der Waals surface area contributed by atoms with Crippen LogP contribution >= 0.6 is 0 Å². The third kappa shape index (κ3) is 6.78. The van der Waals surface area contributed by atoms with Gasteiger partial charge in [-0.3, -0.25) is 14.3 Å². The summed E-state index contributed by atoms with van der Waals surface area (Å²) in [6.45, 7) is 28.6. The van der Waals surface area contributed by atoms with Crippen molar-refractivity contribution in [1.29, 1.82) is 0 Å². The standard InChI is InChI=1S/C31H55N5O6Si3/c1-19(2)16-32-30-34-27-25(28(37)35-30)33-18-36(27)29-31(38,14-15-43(11,12)13)26-24(40-29)17-39-44(20(3)4,21(5)6)42-45(41-26,22(7)8)23(9)10/h18-24,26,29,38H,16-17H2,1-13H3,(H2,32,34,35,37)/t24-,26+,29-,31?/m1/s1. The molecule has 1 unspecified atom stereocenters. The number of aromatic amines is 1. The number of imidazole rings is 1. The van der Waals surface area contributed by atoms with Gasteiger partial charge in [-0.15, -0.1) is 5.54 Å². The van der Waals surface area contributed by atoms with Crippen LogP contribution in [0.4, 0.5) is 5.95 Å². The Bertz CT molecular complexity index is 1460. The van der Waals surface area contributed by atoms with Gasteiger partial charge in [0.15, 0.2) is 23.0 Å². The molecule has 2 aromatic rings. The lowest BCUT2D eigenvalue weighted by molar-refractivity contribution is -0.0706. The maximum Gasteiger partial charge on any atom is 0.335 e. The van der Waals surface area contributed by atoms with Crippen LogP contribution in [-0.4, -0.2) is 80.8 Å². The van der Waals surface area contributed by atoms with Gasteiger partial charge in [-0.25, -0.2) is 4.98 Å². The summed E-state index contributed by atoms with van der Waals surface area (Å²) in [5.41, 5.74) is 2.09. The third-order valence-electron chi connectivity index (χ3n) is 8.77. The van der Waals surface area contributed by atoms with Crippen LogP contribution in [0.1, 0.15) is 75.5 Å². The van der Waals surface area contributed by atoms with Crippen LogP contribution in [0.5, 0.6) is 0 Å². The molecule has 11 nitrogen and oxygen atoms in total. The fraction of sp³-hybridized carbons (Fsp3) is 0.774. The number of rotatable bonds is 8. The predicted octanol–water partition coefficient (Wildman–Crippen LogP) is 5.65. The second kappa shape index (κ2) is 13.0. The third-order valence-corrected chi connectivity index (χ3v) is 19.9. The Morgan fingerprint density at radius 2 is 1.67 bits per heavy atom. The predicted molar refractivity (Wildman–Crippen MR) is 185 cm³/mol. The quantitative estimate of drug-likeness (QED) is 0.239. The van der Waals surface area contributed by atoms with Crippen molar-refractivity contribution in [2.75, 3.05) is 18.5 Å². The molecule has 4 heterocycles. The molecule has 0 radical (unpaired) electrons. The Balaban J connectivity index is 1.94. The molecule has 14 heteroatoms. The van der Waals surface area contributed by atoms with E-state index in [-0.39, 0.29) is 39.8 Å². The van der Waals surface area contributed by atoms with E-state index < -0.39 is 49.2 Å². The molecule has 2 aliphatic heterocycles. The Labute approximate surface area is 271 Å². The fourth-order valence-corrected chi connectivity index (χ4v) is 18.2. The van der Waals surface area contributed by atoms with E-state index in [2.05, 4.69) is 116 Å². The molecule has 45 heavy (non-hydrogen) atoms. The Hall–Kier alpha value is -1.84. The van der Waals surface area contributed by atoms with Crippen LogP contribution in [-0.2, 0) is 17.7 Å². The molecule has 0 aromatic carbocycles. The van der Waals surface area contributed by atoms with Gasteiger partial charge < -0.3 is 28.1 Å². The number of hydrogen-bond donors (Lipinski definition) is 3. The topological polar surface area (TPSA) is 133 Å². The summed E-state index contributed by atoms with van der Waals surface area (Å²) in [7, 11) is -7.92. The zero-order valence-corrected chi connectivity index (χ0v) is 32.4. The number of nitrogens with one attached hydrogen (secondary N) is 2. The van der Waals surface area contributed by atoms with Gasteiger partial charge in [-0.1, -0.05) is 94.8 Å². The summed E-state index contributed by atoms with van der Waals surface area (Å²) in [6, 6.07) is 0. The van der Waals surface area contributed by atoms with Crippen LogP contribution < -0.4 is 10.9 Å². The number of H-pyrrole nitrogens is 1. The molecule has 252 valence electrons. The number of aromatic nitrogens is 4. The minimum atomic E-state index is -3.10. The summed E-state index contributed by atoms with van der Waals surface area (Å²) < 4.78 is 30.0. The van der Waals surface area contributed by atoms with Crippen molar-refractivity contribution >= 4 is 42.3 Å². The van der Waals surface area contributed by atoms with E-state index in [1.165, 1.54) is 6.33 Å². The molecule has 0 amide bonds. The van der Waals surface area contributed by atoms with E-state index in [1.807, 2.05) is 0 Å². The summed E-state index contributed by atoms with van der Waals surface area (Å²) in [5, 5.41) is 16.1. The lowest BCUT2D eigenvalue weighted by Gasteiger charge is -2.51. The molecule has 2 fully saturated rings. The monoisotopic (exact) mass is 677 g/mol. The molecule has 2 saturated heterocycles. The van der Waals surface area contributed by atoms with Gasteiger partial charge in [-0.05, 0) is 28.1 Å². The summed E-state index contributed by atoms with van der Waals surface area (Å²) in [5.74, 6) is 3.93. The van der Waals surface area contributed by atoms with Crippen molar-refractivity contribution in [2.24, 2.45) is 5.92 Å². The van der Waals surface area contributed by atoms with Crippen LogP contribution in [0.3, 0.4) is 0 Å². The van der Waals surface area contributed by atoms with Crippen molar-refractivity contribution in [2.45, 2.75) is 135 Å². The van der Waals surface area contributed by atoms with Gasteiger partial charge in [-0.2, -0.15) is 4.98 Å². The van der Waals surface area contributed by atoms with E-state index in [4.69, 9.17) is 22.7 Å². The summed E-state index contributed by atoms with van der Waals surface area (Å²) in [4.78, 5) is 25.0. The average Bonchev–Trinajstić information content (AvgIpc) is 3.44. The van der Waals surface area contributed by atoms with Crippen molar-refractivity contribution in [3.8, 4) is 11.5 Å². The van der Waals surface area contributed by atoms with Gasteiger partial charge in [0.25, 0.3) is 5.56 Å². The molecule has 0 spiro atoms. The Kier molecular flexibility index (Phi) is 10.4. The molecule has 4 atom stereocenters. The highest BCUT2D eigenvalue weighted by Crippen LogP contribution is 2.51. The van der Waals surface area contributed by atoms with Crippen molar-refractivity contribution in [3.63, 3.8) is 0 Å². The second-order valence-corrected chi connectivity index (χ2v) is 29.0. The average molecular weight is 678 g/mol. The first-order valence-electron chi connectivity index (χ1n) is 16.4. The van der Waals surface area contributed by atoms with Crippen LogP contribution in [0.25, 0.3) is 11.2 Å². The maximum absolute atomic E-state index is 13.1. The highest BCUT2D eigenvalue weighted by Gasteiger charge is 2.65. The highest BCUT2D eigenvalue weighted by molar-refractivity contribution is 6.84. The van der Waals surface area contributed by atoms with Crippen LogP contribution in [0.15, 0.2) is 11.1 Å². The first-order chi connectivity index (χ1) is 20.8. The zero-order chi connectivity index (χ0) is 33.7. The Morgan fingerprint density at radius 1 is 1.07 bits per heavy atom. The van der Waals surface area contributed by atoms with Gasteiger partial charge >= 0.3 is 17.1 Å². The van der Waals surface area contributed by atoms with E-state index in [0.29, 0.717) is 24.1 Å². The van der Waals surface area contributed by atoms with Gasteiger partial charge in [0.2, 0.25) is 5.95 Å². The Morgan fingerprint density at radius 3 is 2.20 bits per heavy atom. The van der Waals surface area contributed by atoms with Crippen LogP contribution in [0, 0.1) is 17.4 Å². The zero-order valence-electron chi connectivity index (χ0n) is 29.4. The number of ether oxygens (including phenoxy) is 1. The van der Waals surface area contributed by atoms with Crippen LogP contribution in [0.2, 0.25) is 41.8 Å². The van der Waals surface area contributed by atoms with E-state index >= 15 is 0 Å². The number of fused-ring (bicyclic) bond motifs is 2. The van der Waals surface area contributed by atoms with Gasteiger partial charge in [0.05, 0.1) is 12.9 Å². The molecule has 0 bridgehead atoms. The molecular formula is C31H55N5O6Si3. The second-order valence-electron chi connectivity index (χ2n) is 15.4. The number of anilines is 1.